The van der Waals surface area contributed by atoms with Gasteiger partial charge in [0.25, 0.3) is 0 Å². The van der Waals surface area contributed by atoms with Gasteiger partial charge in [0.15, 0.2) is 0 Å². The van der Waals surface area contributed by atoms with Crippen LogP contribution in [-0.2, 0) is 15.6 Å². The van der Waals surface area contributed by atoms with Crippen LogP contribution in [0.25, 0.3) is 10.8 Å². The zero-order valence-electron chi connectivity index (χ0n) is 10.2. The Balaban J connectivity index is 1.98. The molecule has 19 heavy (non-hydrogen) atoms. The second kappa shape index (κ2) is 6.33. The molecule has 0 bridgehead atoms. The molecular formula is C14H14O4S. The summed E-state index contributed by atoms with van der Waals surface area (Å²) < 4.78 is 16.9. The van der Waals surface area contributed by atoms with Crippen molar-refractivity contribution in [3.05, 3.63) is 42.5 Å². The standard InChI is InChI=1S/C14H14O4S/c15-14(16)10-19(17)9-8-18-13-7-3-5-11-4-1-2-6-12(11)13/h1-7H,8-10H2,(H,15,16). The summed E-state index contributed by atoms with van der Waals surface area (Å²) in [6, 6.07) is 13.6. The number of fused-ring (bicyclic) bond motifs is 1. The highest BCUT2D eigenvalue weighted by atomic mass is 32.2. The van der Waals surface area contributed by atoms with Crippen LogP contribution in [-0.4, -0.2) is 33.4 Å². The molecule has 1 unspecified atom stereocenters. The SMILES string of the molecule is O=C(O)CS(=O)CCOc1cccc2ccccc12. The average molecular weight is 278 g/mol. The van der Waals surface area contributed by atoms with Crippen LogP contribution in [0.4, 0.5) is 0 Å². The first-order valence-electron chi connectivity index (χ1n) is 5.84. The molecule has 0 aliphatic carbocycles. The zero-order valence-corrected chi connectivity index (χ0v) is 11.1. The van der Waals surface area contributed by atoms with Crippen LogP contribution in [0, 0.1) is 0 Å². The Kier molecular flexibility index (Phi) is 4.52. The zero-order chi connectivity index (χ0) is 13.7. The number of rotatable bonds is 6. The fourth-order valence-electron chi connectivity index (χ4n) is 1.78. The van der Waals surface area contributed by atoms with Gasteiger partial charge in [0.05, 0.1) is 12.4 Å². The van der Waals surface area contributed by atoms with Crippen LogP contribution in [0.2, 0.25) is 0 Å². The smallest absolute Gasteiger partial charge is 0.316 e. The van der Waals surface area contributed by atoms with Gasteiger partial charge in [-0.3, -0.25) is 9.00 Å². The van der Waals surface area contributed by atoms with Crippen LogP contribution >= 0.6 is 0 Å². The molecule has 2 rings (SSSR count). The molecular weight excluding hydrogens is 264 g/mol. The highest BCUT2D eigenvalue weighted by Gasteiger charge is 2.07. The monoisotopic (exact) mass is 278 g/mol. The van der Waals surface area contributed by atoms with E-state index in [9.17, 15) is 9.00 Å². The largest absolute Gasteiger partial charge is 0.492 e. The summed E-state index contributed by atoms with van der Waals surface area (Å²) in [5.74, 6) is -0.442. The van der Waals surface area contributed by atoms with Crippen LogP contribution in [0.5, 0.6) is 5.75 Å². The predicted octanol–water partition coefficient (Wildman–Crippen LogP) is 2.05. The van der Waals surface area contributed by atoms with Gasteiger partial charge >= 0.3 is 5.97 Å². The lowest BCUT2D eigenvalue weighted by Crippen LogP contribution is -2.16. The number of benzene rings is 2. The quantitative estimate of drug-likeness (QED) is 0.878. The Hall–Kier alpha value is -1.88. The number of hydrogen-bond donors (Lipinski definition) is 1. The van der Waals surface area contributed by atoms with Gasteiger partial charge in [0.2, 0.25) is 0 Å². The van der Waals surface area contributed by atoms with Crippen molar-refractivity contribution in [1.82, 2.24) is 0 Å². The summed E-state index contributed by atoms with van der Waals surface area (Å²) in [5.41, 5.74) is 0. The Morgan fingerprint density at radius 3 is 2.68 bits per heavy atom. The number of aliphatic carboxylic acids is 1. The van der Waals surface area contributed by atoms with E-state index in [1.54, 1.807) is 0 Å². The molecule has 0 radical (unpaired) electrons. The van der Waals surface area contributed by atoms with Crippen molar-refractivity contribution >= 4 is 27.5 Å². The lowest BCUT2D eigenvalue weighted by Gasteiger charge is -2.08. The average Bonchev–Trinajstić information content (AvgIpc) is 2.38. The van der Waals surface area contributed by atoms with Crippen molar-refractivity contribution in [2.24, 2.45) is 0 Å². The third kappa shape index (κ3) is 3.79. The van der Waals surface area contributed by atoms with Crippen LogP contribution in [0.1, 0.15) is 0 Å². The molecule has 100 valence electrons. The maximum absolute atomic E-state index is 11.4. The van der Waals surface area contributed by atoms with Crippen molar-refractivity contribution in [2.45, 2.75) is 0 Å². The third-order valence-electron chi connectivity index (χ3n) is 2.60. The van der Waals surface area contributed by atoms with Gasteiger partial charge in [0.1, 0.15) is 11.5 Å². The van der Waals surface area contributed by atoms with E-state index in [1.165, 1.54) is 0 Å². The molecule has 0 amide bonds. The van der Waals surface area contributed by atoms with E-state index in [1.807, 2.05) is 42.5 Å². The first kappa shape index (κ1) is 13.5. The predicted molar refractivity (Wildman–Crippen MR) is 75.0 cm³/mol. The number of carbonyl (C=O) groups is 1. The molecule has 2 aromatic rings. The number of hydrogen-bond acceptors (Lipinski definition) is 3. The first-order valence-corrected chi connectivity index (χ1v) is 7.33. The fraction of sp³-hybridized carbons (Fsp3) is 0.214. The minimum atomic E-state index is -1.38. The second-order valence-electron chi connectivity index (χ2n) is 4.01. The molecule has 0 fully saturated rings. The molecule has 0 saturated heterocycles. The fourth-order valence-corrected chi connectivity index (χ4v) is 2.47. The van der Waals surface area contributed by atoms with Crippen molar-refractivity contribution in [3.8, 4) is 5.75 Å². The molecule has 0 aliphatic heterocycles. The summed E-state index contributed by atoms with van der Waals surface area (Å²) >= 11 is 0. The van der Waals surface area contributed by atoms with Crippen molar-refractivity contribution in [1.29, 1.82) is 0 Å². The minimum absolute atomic E-state index is 0.218. The summed E-state index contributed by atoms with van der Waals surface area (Å²) in [6.45, 7) is 0.244. The van der Waals surface area contributed by atoms with E-state index in [2.05, 4.69) is 0 Å². The molecule has 1 atom stereocenters. The van der Waals surface area contributed by atoms with Gasteiger partial charge in [-0.05, 0) is 11.5 Å². The Bertz CT molecular complexity index is 604. The Labute approximate surface area is 113 Å². The first-order chi connectivity index (χ1) is 9.16. The van der Waals surface area contributed by atoms with Crippen molar-refractivity contribution in [3.63, 3.8) is 0 Å². The second-order valence-corrected chi connectivity index (χ2v) is 5.58. The highest BCUT2D eigenvalue weighted by Crippen LogP contribution is 2.24. The highest BCUT2D eigenvalue weighted by molar-refractivity contribution is 7.85. The van der Waals surface area contributed by atoms with E-state index in [0.717, 1.165) is 16.5 Å². The minimum Gasteiger partial charge on any atom is -0.492 e. The van der Waals surface area contributed by atoms with Gasteiger partial charge < -0.3 is 9.84 Å². The summed E-state index contributed by atoms with van der Waals surface area (Å²) in [6.07, 6.45) is 0. The topological polar surface area (TPSA) is 63.6 Å². The van der Waals surface area contributed by atoms with Crippen molar-refractivity contribution < 1.29 is 18.8 Å². The normalized spacial score (nSPS) is 12.2. The molecule has 4 nitrogen and oxygen atoms in total. The van der Waals surface area contributed by atoms with Gasteiger partial charge in [0, 0.05) is 16.2 Å². The molecule has 0 spiro atoms. The maximum atomic E-state index is 11.4. The number of carboxylic acid groups (broad SMARTS) is 1. The molecule has 0 heterocycles. The lowest BCUT2D eigenvalue weighted by molar-refractivity contribution is -0.133. The summed E-state index contributed by atoms with van der Waals surface area (Å²) in [4.78, 5) is 10.4. The van der Waals surface area contributed by atoms with E-state index in [4.69, 9.17) is 9.84 Å². The summed E-state index contributed by atoms with van der Waals surface area (Å²) in [7, 11) is -1.38. The lowest BCUT2D eigenvalue weighted by atomic mass is 10.1. The third-order valence-corrected chi connectivity index (χ3v) is 3.79. The van der Waals surface area contributed by atoms with E-state index < -0.39 is 16.8 Å². The molecule has 0 saturated carbocycles. The molecule has 2 aromatic carbocycles. The Morgan fingerprint density at radius 2 is 1.89 bits per heavy atom. The molecule has 0 aromatic heterocycles. The molecule has 1 N–H and O–H groups in total. The van der Waals surface area contributed by atoms with Gasteiger partial charge in [-0.2, -0.15) is 0 Å². The van der Waals surface area contributed by atoms with Crippen LogP contribution in [0.3, 0.4) is 0 Å². The molecule has 5 heteroatoms. The van der Waals surface area contributed by atoms with E-state index >= 15 is 0 Å². The van der Waals surface area contributed by atoms with Gasteiger partial charge in [-0.25, -0.2) is 0 Å². The van der Waals surface area contributed by atoms with Crippen LogP contribution < -0.4 is 4.74 Å². The van der Waals surface area contributed by atoms with E-state index in [0.29, 0.717) is 0 Å². The Morgan fingerprint density at radius 1 is 1.16 bits per heavy atom. The number of ether oxygens (including phenoxy) is 1. The van der Waals surface area contributed by atoms with Crippen molar-refractivity contribution in [2.75, 3.05) is 18.1 Å². The van der Waals surface area contributed by atoms with E-state index in [-0.39, 0.29) is 18.1 Å². The molecule has 0 aliphatic rings. The summed E-state index contributed by atoms with van der Waals surface area (Å²) in [5, 5.41) is 10.6. The van der Waals surface area contributed by atoms with Gasteiger partial charge in [-0.1, -0.05) is 36.4 Å². The number of carboxylic acids is 1. The maximum Gasteiger partial charge on any atom is 0.316 e. The van der Waals surface area contributed by atoms with Crippen LogP contribution in [0.15, 0.2) is 42.5 Å². The van der Waals surface area contributed by atoms with Gasteiger partial charge in [-0.15, -0.1) is 0 Å².